The molecule has 0 aliphatic carbocycles. The van der Waals surface area contributed by atoms with Crippen LogP contribution in [0.3, 0.4) is 0 Å². The lowest BCUT2D eigenvalue weighted by molar-refractivity contribution is -0.126. The maximum absolute atomic E-state index is 12.2. The number of benzene rings is 1. The molecule has 1 aliphatic heterocycles. The molecule has 0 saturated carbocycles. The molecule has 1 saturated heterocycles. The Hall–Kier alpha value is -1.75. The summed E-state index contributed by atoms with van der Waals surface area (Å²) in [5.74, 6) is 2.39. The van der Waals surface area contributed by atoms with E-state index in [0.717, 1.165) is 50.5 Å². The molecule has 5 heteroatoms. The molecule has 0 radical (unpaired) electrons. The monoisotopic (exact) mass is 334 g/mol. The number of nitrogens with one attached hydrogen (secondary N) is 1. The molecule has 1 fully saturated rings. The highest BCUT2D eigenvalue weighted by Crippen LogP contribution is 2.28. The Kier molecular flexibility index (Phi) is 6.91. The number of piperidine rings is 1. The standard InChI is InChI=1S/C19H30N2O3/c1-14(2)12-20-19(22)16-7-9-21(10-8-16)13-15-5-6-17(23-3)18(11-15)24-4/h5-6,11,14,16H,7-10,12-13H2,1-4H3,(H,20,22). The summed E-state index contributed by atoms with van der Waals surface area (Å²) in [6, 6.07) is 6.04. The normalized spacial score (nSPS) is 16.2. The summed E-state index contributed by atoms with van der Waals surface area (Å²) < 4.78 is 10.6. The minimum atomic E-state index is 0.158. The first-order valence-electron chi connectivity index (χ1n) is 8.74. The lowest BCUT2D eigenvalue weighted by atomic mass is 9.95. The number of rotatable bonds is 7. The van der Waals surface area contributed by atoms with E-state index in [1.165, 1.54) is 5.56 Å². The van der Waals surface area contributed by atoms with Gasteiger partial charge in [0.1, 0.15) is 0 Å². The second-order valence-electron chi connectivity index (χ2n) is 6.88. The molecule has 0 unspecified atom stereocenters. The summed E-state index contributed by atoms with van der Waals surface area (Å²) in [5, 5.41) is 3.06. The number of hydrogen-bond acceptors (Lipinski definition) is 4. The zero-order chi connectivity index (χ0) is 17.5. The van der Waals surface area contributed by atoms with Crippen molar-refractivity contribution in [2.24, 2.45) is 11.8 Å². The van der Waals surface area contributed by atoms with E-state index in [2.05, 4.69) is 30.1 Å². The second kappa shape index (κ2) is 8.92. The van der Waals surface area contributed by atoms with Crippen LogP contribution in [0, 0.1) is 11.8 Å². The van der Waals surface area contributed by atoms with Crippen molar-refractivity contribution in [1.29, 1.82) is 0 Å². The molecule has 1 aromatic carbocycles. The summed E-state index contributed by atoms with van der Waals surface area (Å²) in [7, 11) is 3.30. The Balaban J connectivity index is 1.83. The van der Waals surface area contributed by atoms with E-state index in [1.807, 2.05) is 12.1 Å². The second-order valence-corrected chi connectivity index (χ2v) is 6.88. The highest BCUT2D eigenvalue weighted by atomic mass is 16.5. The molecule has 2 rings (SSSR count). The molecule has 134 valence electrons. The lowest BCUT2D eigenvalue weighted by Crippen LogP contribution is -2.41. The molecule has 5 nitrogen and oxygen atoms in total. The molecule has 0 aromatic heterocycles. The van der Waals surface area contributed by atoms with Gasteiger partial charge in [-0.3, -0.25) is 9.69 Å². The Morgan fingerprint density at radius 1 is 1.21 bits per heavy atom. The van der Waals surface area contributed by atoms with E-state index < -0.39 is 0 Å². The van der Waals surface area contributed by atoms with Crippen molar-refractivity contribution in [3.8, 4) is 11.5 Å². The first kappa shape index (κ1) is 18.6. The van der Waals surface area contributed by atoms with Crippen LogP contribution >= 0.6 is 0 Å². The molecule has 0 atom stereocenters. The molecule has 1 amide bonds. The zero-order valence-corrected chi connectivity index (χ0v) is 15.3. The third-order valence-electron chi connectivity index (χ3n) is 4.50. The van der Waals surface area contributed by atoms with Gasteiger partial charge in [0.2, 0.25) is 5.91 Å². The fraction of sp³-hybridized carbons (Fsp3) is 0.632. The van der Waals surface area contributed by atoms with Crippen LogP contribution in [0.1, 0.15) is 32.3 Å². The van der Waals surface area contributed by atoms with Crippen molar-refractivity contribution in [2.45, 2.75) is 33.2 Å². The Labute approximate surface area is 145 Å². The van der Waals surface area contributed by atoms with Crippen LogP contribution in [-0.4, -0.2) is 44.7 Å². The average Bonchev–Trinajstić information content (AvgIpc) is 2.60. The van der Waals surface area contributed by atoms with Crippen molar-refractivity contribution in [3.63, 3.8) is 0 Å². The molecular weight excluding hydrogens is 304 g/mol. The number of ether oxygens (including phenoxy) is 2. The van der Waals surface area contributed by atoms with Gasteiger partial charge in [-0.2, -0.15) is 0 Å². The fourth-order valence-corrected chi connectivity index (χ4v) is 3.04. The van der Waals surface area contributed by atoms with E-state index in [4.69, 9.17) is 9.47 Å². The van der Waals surface area contributed by atoms with Crippen LogP contribution < -0.4 is 14.8 Å². The van der Waals surface area contributed by atoms with E-state index in [0.29, 0.717) is 5.92 Å². The maximum Gasteiger partial charge on any atom is 0.223 e. The molecule has 1 N–H and O–H groups in total. The summed E-state index contributed by atoms with van der Waals surface area (Å²) in [5.41, 5.74) is 1.20. The first-order chi connectivity index (χ1) is 11.5. The van der Waals surface area contributed by atoms with Crippen LogP contribution in [0.4, 0.5) is 0 Å². The van der Waals surface area contributed by atoms with Gasteiger partial charge < -0.3 is 14.8 Å². The van der Waals surface area contributed by atoms with Crippen LogP contribution in [0.25, 0.3) is 0 Å². The number of carbonyl (C=O) groups excluding carboxylic acids is 1. The van der Waals surface area contributed by atoms with Gasteiger partial charge in [-0.05, 0) is 49.5 Å². The minimum Gasteiger partial charge on any atom is -0.493 e. The van der Waals surface area contributed by atoms with Gasteiger partial charge in [0.25, 0.3) is 0 Å². The molecule has 1 heterocycles. The van der Waals surface area contributed by atoms with Crippen molar-refractivity contribution >= 4 is 5.91 Å². The Bertz CT molecular complexity index is 537. The fourth-order valence-electron chi connectivity index (χ4n) is 3.04. The van der Waals surface area contributed by atoms with Gasteiger partial charge in [0.15, 0.2) is 11.5 Å². The van der Waals surface area contributed by atoms with Crippen LogP contribution in [0.15, 0.2) is 18.2 Å². The zero-order valence-electron chi connectivity index (χ0n) is 15.3. The van der Waals surface area contributed by atoms with Gasteiger partial charge in [-0.25, -0.2) is 0 Å². The lowest BCUT2D eigenvalue weighted by Gasteiger charge is -2.31. The molecule has 24 heavy (non-hydrogen) atoms. The number of methoxy groups -OCH3 is 2. The van der Waals surface area contributed by atoms with E-state index in [9.17, 15) is 4.79 Å². The van der Waals surface area contributed by atoms with Gasteiger partial charge >= 0.3 is 0 Å². The maximum atomic E-state index is 12.2. The molecule has 0 spiro atoms. The SMILES string of the molecule is COc1ccc(CN2CCC(C(=O)NCC(C)C)CC2)cc1OC. The Morgan fingerprint density at radius 3 is 2.46 bits per heavy atom. The summed E-state index contributed by atoms with van der Waals surface area (Å²) >= 11 is 0. The molecule has 0 bridgehead atoms. The third kappa shape index (κ3) is 5.13. The van der Waals surface area contributed by atoms with E-state index in [-0.39, 0.29) is 11.8 Å². The van der Waals surface area contributed by atoms with Crippen molar-refractivity contribution in [1.82, 2.24) is 10.2 Å². The molecule has 1 aromatic rings. The molecule has 1 aliphatic rings. The first-order valence-corrected chi connectivity index (χ1v) is 8.74. The van der Waals surface area contributed by atoms with E-state index in [1.54, 1.807) is 14.2 Å². The smallest absolute Gasteiger partial charge is 0.223 e. The summed E-state index contributed by atoms with van der Waals surface area (Å²) in [6.07, 6.45) is 1.86. The van der Waals surface area contributed by atoms with Gasteiger partial charge in [-0.1, -0.05) is 19.9 Å². The summed E-state index contributed by atoms with van der Waals surface area (Å²) in [4.78, 5) is 14.6. The quantitative estimate of drug-likeness (QED) is 0.833. The average molecular weight is 334 g/mol. The Morgan fingerprint density at radius 2 is 1.88 bits per heavy atom. The van der Waals surface area contributed by atoms with Crippen LogP contribution in [0.5, 0.6) is 11.5 Å². The van der Waals surface area contributed by atoms with Crippen molar-refractivity contribution in [2.75, 3.05) is 33.9 Å². The minimum absolute atomic E-state index is 0.158. The van der Waals surface area contributed by atoms with Gasteiger partial charge in [0.05, 0.1) is 14.2 Å². The molecular formula is C19H30N2O3. The number of carbonyl (C=O) groups is 1. The third-order valence-corrected chi connectivity index (χ3v) is 4.50. The highest BCUT2D eigenvalue weighted by molar-refractivity contribution is 5.78. The highest BCUT2D eigenvalue weighted by Gasteiger charge is 2.25. The topological polar surface area (TPSA) is 50.8 Å². The van der Waals surface area contributed by atoms with Gasteiger partial charge in [0, 0.05) is 19.0 Å². The van der Waals surface area contributed by atoms with Crippen molar-refractivity contribution < 1.29 is 14.3 Å². The van der Waals surface area contributed by atoms with Crippen LogP contribution in [0.2, 0.25) is 0 Å². The predicted molar refractivity (Wildman–Crippen MR) is 95.4 cm³/mol. The summed E-state index contributed by atoms with van der Waals surface area (Å²) in [6.45, 7) is 7.78. The van der Waals surface area contributed by atoms with Crippen molar-refractivity contribution in [3.05, 3.63) is 23.8 Å². The number of hydrogen-bond donors (Lipinski definition) is 1. The number of amides is 1. The largest absolute Gasteiger partial charge is 0.493 e. The van der Waals surface area contributed by atoms with Crippen LogP contribution in [-0.2, 0) is 11.3 Å². The predicted octanol–water partition coefficient (Wildman–Crippen LogP) is 2.69. The number of likely N-dealkylation sites (tertiary alicyclic amines) is 1. The van der Waals surface area contributed by atoms with E-state index >= 15 is 0 Å². The number of nitrogens with zero attached hydrogens (tertiary/aromatic N) is 1. The van der Waals surface area contributed by atoms with Gasteiger partial charge in [-0.15, -0.1) is 0 Å².